The fourth-order valence-electron chi connectivity index (χ4n) is 2.02. The van der Waals surface area contributed by atoms with Crippen molar-refractivity contribution in [2.75, 3.05) is 12.3 Å². The molecular weight excluding hydrogens is 256 g/mol. The lowest BCUT2D eigenvalue weighted by Gasteiger charge is -2.09. The van der Waals surface area contributed by atoms with Gasteiger partial charge in [-0.05, 0) is 19.1 Å². The Bertz CT molecular complexity index is 805. The van der Waals surface area contributed by atoms with E-state index in [9.17, 15) is 0 Å². The summed E-state index contributed by atoms with van der Waals surface area (Å²) in [4.78, 5) is 11.3. The zero-order chi connectivity index (χ0) is 14.1. The molecule has 0 bridgehead atoms. The van der Waals surface area contributed by atoms with Gasteiger partial charge >= 0.3 is 0 Å². The fourth-order valence-corrected chi connectivity index (χ4v) is 2.02. The molecule has 7 nitrogen and oxygen atoms in total. The predicted molar refractivity (Wildman–Crippen MR) is 74.7 cm³/mol. The number of nitrogen functional groups attached to an aromatic ring is 1. The van der Waals surface area contributed by atoms with E-state index in [0.29, 0.717) is 29.6 Å². The van der Waals surface area contributed by atoms with Crippen LogP contribution in [0.3, 0.4) is 0 Å². The van der Waals surface area contributed by atoms with Gasteiger partial charge in [-0.2, -0.15) is 9.97 Å². The van der Waals surface area contributed by atoms with Gasteiger partial charge in [-0.25, -0.2) is 0 Å². The summed E-state index contributed by atoms with van der Waals surface area (Å²) in [6.07, 6.45) is 0. The van der Waals surface area contributed by atoms with E-state index in [2.05, 4.69) is 15.0 Å². The maximum absolute atomic E-state index is 8.02. The third kappa shape index (κ3) is 1.89. The maximum atomic E-state index is 8.02. The molecule has 0 amide bonds. The number of nitrogens with zero attached hydrogens (tertiary/aromatic N) is 3. The number of para-hydroxylation sites is 1. The van der Waals surface area contributed by atoms with Crippen molar-refractivity contribution in [1.29, 1.82) is 5.41 Å². The molecule has 0 fully saturated rings. The Morgan fingerprint density at radius 3 is 2.75 bits per heavy atom. The molecule has 1 aromatic carbocycles. The van der Waals surface area contributed by atoms with E-state index in [-0.39, 0.29) is 5.62 Å². The van der Waals surface area contributed by atoms with Crippen LogP contribution in [-0.2, 0) is 0 Å². The van der Waals surface area contributed by atoms with Crippen molar-refractivity contribution in [3.63, 3.8) is 0 Å². The minimum Gasteiger partial charge on any atom is -0.465 e. The van der Waals surface area contributed by atoms with Crippen molar-refractivity contribution in [3.8, 4) is 11.7 Å². The van der Waals surface area contributed by atoms with Crippen LogP contribution in [0.15, 0.2) is 30.3 Å². The van der Waals surface area contributed by atoms with Crippen molar-refractivity contribution in [1.82, 2.24) is 19.5 Å². The molecule has 0 aliphatic rings. The van der Waals surface area contributed by atoms with Crippen molar-refractivity contribution in [2.45, 2.75) is 6.92 Å². The number of aromatic nitrogens is 4. The number of hydrogen-bond donors (Lipinski definition) is 3. The first-order valence-corrected chi connectivity index (χ1v) is 6.21. The van der Waals surface area contributed by atoms with Gasteiger partial charge in [-0.3, -0.25) is 9.98 Å². The van der Waals surface area contributed by atoms with Crippen LogP contribution >= 0.6 is 0 Å². The number of nitrogens with one attached hydrogen (secondary N) is 2. The van der Waals surface area contributed by atoms with Gasteiger partial charge in [0.2, 0.25) is 5.62 Å². The van der Waals surface area contributed by atoms with Crippen LogP contribution in [0.2, 0.25) is 0 Å². The smallest absolute Gasteiger partial charge is 0.296 e. The minimum absolute atomic E-state index is 0.0238. The lowest BCUT2D eigenvalue weighted by Crippen LogP contribution is -2.24. The van der Waals surface area contributed by atoms with Gasteiger partial charge in [0.1, 0.15) is 11.3 Å². The number of ether oxygens (including phenoxy) is 1. The summed E-state index contributed by atoms with van der Waals surface area (Å²) in [5, 5.41) is 8.02. The van der Waals surface area contributed by atoms with Crippen molar-refractivity contribution < 1.29 is 4.74 Å². The Labute approximate surface area is 114 Å². The molecule has 0 spiro atoms. The first kappa shape index (κ1) is 12.2. The summed E-state index contributed by atoms with van der Waals surface area (Å²) in [6, 6.07) is 9.74. The lowest BCUT2D eigenvalue weighted by molar-refractivity contribution is 0.317. The standard InChI is InChI=1S/C13H14N6O/c1-2-20-13-16-9-10(14)19(8-6-4-3-5-7-8)12(15)17-11(9)18-13/h3-7H,2,14H2,1H3,(H2,15,16,17,18). The highest BCUT2D eigenvalue weighted by molar-refractivity contribution is 5.82. The Kier molecular flexibility index (Phi) is 2.86. The Morgan fingerprint density at radius 2 is 2.05 bits per heavy atom. The summed E-state index contributed by atoms with van der Waals surface area (Å²) in [5.74, 6) is 0.379. The first-order chi connectivity index (χ1) is 9.70. The van der Waals surface area contributed by atoms with Crippen LogP contribution in [-0.4, -0.2) is 26.1 Å². The van der Waals surface area contributed by atoms with Crippen LogP contribution in [0.4, 0.5) is 5.82 Å². The van der Waals surface area contributed by atoms with Crippen molar-refractivity contribution in [3.05, 3.63) is 36.0 Å². The predicted octanol–water partition coefficient (Wildman–Crippen LogP) is 1.21. The van der Waals surface area contributed by atoms with Gasteiger partial charge in [-0.1, -0.05) is 18.2 Å². The van der Waals surface area contributed by atoms with Gasteiger partial charge in [0.05, 0.1) is 12.3 Å². The number of hydrogen-bond acceptors (Lipinski definition) is 5. The molecule has 0 aliphatic heterocycles. The molecule has 3 rings (SSSR count). The SMILES string of the molecule is CCOc1nc2nc(=N)n(-c3ccccc3)c(N)c2[nH]1. The normalized spacial score (nSPS) is 10.8. The van der Waals surface area contributed by atoms with E-state index in [1.807, 2.05) is 37.3 Å². The van der Waals surface area contributed by atoms with Crippen LogP contribution in [0.25, 0.3) is 16.9 Å². The second kappa shape index (κ2) is 4.69. The third-order valence-corrected chi connectivity index (χ3v) is 2.88. The molecule has 102 valence electrons. The molecule has 0 saturated carbocycles. The summed E-state index contributed by atoms with van der Waals surface area (Å²) < 4.78 is 6.85. The van der Waals surface area contributed by atoms with E-state index < -0.39 is 0 Å². The molecule has 20 heavy (non-hydrogen) atoms. The Hall–Kier alpha value is -2.83. The number of H-pyrrole nitrogens is 1. The number of nitrogens with two attached hydrogens (primary N) is 1. The molecule has 0 saturated heterocycles. The van der Waals surface area contributed by atoms with Crippen LogP contribution < -0.4 is 16.1 Å². The monoisotopic (exact) mass is 270 g/mol. The van der Waals surface area contributed by atoms with Gasteiger partial charge < -0.3 is 15.5 Å². The molecule has 0 unspecified atom stereocenters. The van der Waals surface area contributed by atoms with Gasteiger partial charge in [-0.15, -0.1) is 0 Å². The number of rotatable bonds is 3. The second-order valence-electron chi connectivity index (χ2n) is 4.17. The minimum atomic E-state index is 0.0238. The molecule has 0 atom stereocenters. The average molecular weight is 270 g/mol. The summed E-state index contributed by atoms with van der Waals surface area (Å²) in [7, 11) is 0. The molecule has 4 N–H and O–H groups in total. The topological polar surface area (TPSA) is 106 Å². The molecule has 0 aliphatic carbocycles. The largest absolute Gasteiger partial charge is 0.465 e. The number of imidazole rings is 1. The molecule has 7 heteroatoms. The fraction of sp³-hybridized carbons (Fsp3) is 0.154. The number of aromatic amines is 1. The molecular formula is C13H14N6O. The highest BCUT2D eigenvalue weighted by Gasteiger charge is 2.13. The Balaban J connectivity index is 2.26. The zero-order valence-corrected chi connectivity index (χ0v) is 10.9. The van der Waals surface area contributed by atoms with E-state index in [0.717, 1.165) is 5.69 Å². The Morgan fingerprint density at radius 1 is 1.30 bits per heavy atom. The zero-order valence-electron chi connectivity index (χ0n) is 10.9. The van der Waals surface area contributed by atoms with E-state index in [1.54, 1.807) is 4.57 Å². The van der Waals surface area contributed by atoms with Gasteiger partial charge in [0.15, 0.2) is 5.65 Å². The van der Waals surface area contributed by atoms with E-state index >= 15 is 0 Å². The van der Waals surface area contributed by atoms with E-state index in [1.165, 1.54) is 0 Å². The summed E-state index contributed by atoms with van der Waals surface area (Å²) >= 11 is 0. The second-order valence-corrected chi connectivity index (χ2v) is 4.17. The number of fused-ring (bicyclic) bond motifs is 1. The number of anilines is 1. The molecule has 3 aromatic rings. The van der Waals surface area contributed by atoms with Crippen LogP contribution in [0, 0.1) is 5.41 Å². The first-order valence-electron chi connectivity index (χ1n) is 6.21. The average Bonchev–Trinajstić information content (AvgIpc) is 2.83. The third-order valence-electron chi connectivity index (χ3n) is 2.88. The molecule has 2 heterocycles. The maximum Gasteiger partial charge on any atom is 0.296 e. The van der Waals surface area contributed by atoms with Gasteiger partial charge in [0, 0.05) is 0 Å². The lowest BCUT2D eigenvalue weighted by atomic mass is 10.3. The molecule has 0 radical (unpaired) electrons. The van der Waals surface area contributed by atoms with Crippen LogP contribution in [0.5, 0.6) is 6.01 Å². The summed E-state index contributed by atoms with van der Waals surface area (Å²) in [5.41, 5.74) is 7.88. The number of benzene rings is 1. The quantitative estimate of drug-likeness (QED) is 0.665. The highest BCUT2D eigenvalue weighted by Crippen LogP contribution is 2.20. The molecule has 2 aromatic heterocycles. The van der Waals surface area contributed by atoms with E-state index in [4.69, 9.17) is 15.9 Å². The van der Waals surface area contributed by atoms with Crippen molar-refractivity contribution >= 4 is 17.0 Å². The van der Waals surface area contributed by atoms with Gasteiger partial charge in [0.25, 0.3) is 6.01 Å². The summed E-state index contributed by atoms with van der Waals surface area (Å²) in [6.45, 7) is 2.36. The van der Waals surface area contributed by atoms with Crippen molar-refractivity contribution in [2.24, 2.45) is 0 Å². The highest BCUT2D eigenvalue weighted by atomic mass is 16.5. The van der Waals surface area contributed by atoms with Crippen LogP contribution in [0.1, 0.15) is 6.92 Å².